The summed E-state index contributed by atoms with van der Waals surface area (Å²) in [6.45, 7) is 3.96. The normalized spacial score (nSPS) is 12.5. The zero-order chi connectivity index (χ0) is 14.2. The van der Waals surface area contributed by atoms with E-state index in [1.165, 1.54) is 0 Å². The van der Waals surface area contributed by atoms with Crippen LogP contribution < -0.4 is 0 Å². The third-order valence-corrected chi connectivity index (χ3v) is 4.55. The Bertz CT molecular complexity index is 626. The molecule has 0 saturated carbocycles. The third-order valence-electron chi connectivity index (χ3n) is 3.14. The van der Waals surface area contributed by atoms with Gasteiger partial charge in [-0.2, -0.15) is 0 Å². The van der Waals surface area contributed by atoms with E-state index in [-0.39, 0.29) is 5.82 Å². The van der Waals surface area contributed by atoms with E-state index in [1.54, 1.807) is 18.2 Å². The number of hydrogen-bond donors (Lipinski definition) is 0. The molecule has 0 aliphatic carbocycles. The molecule has 0 heterocycles. The first-order chi connectivity index (χ1) is 8.91. The van der Waals surface area contributed by atoms with Crippen molar-refractivity contribution in [2.24, 2.45) is 0 Å². The van der Waals surface area contributed by atoms with E-state index in [1.807, 2.05) is 26.0 Å². The zero-order valence-electron chi connectivity index (χ0n) is 10.5. The molecule has 19 heavy (non-hydrogen) atoms. The van der Waals surface area contributed by atoms with Gasteiger partial charge in [0.2, 0.25) is 0 Å². The first-order valence-electron chi connectivity index (χ1n) is 5.76. The number of halogens is 4. The summed E-state index contributed by atoms with van der Waals surface area (Å²) in [7, 11) is 0. The van der Waals surface area contributed by atoms with Gasteiger partial charge in [0.25, 0.3) is 0 Å². The molecule has 0 nitrogen and oxygen atoms in total. The Kier molecular flexibility index (Phi) is 4.54. The number of alkyl halides is 1. The molecule has 1 atom stereocenters. The Morgan fingerprint density at radius 2 is 1.74 bits per heavy atom. The van der Waals surface area contributed by atoms with Crippen LogP contribution in [0.15, 0.2) is 34.8 Å². The number of aryl methyl sites for hydroxylation is 2. The van der Waals surface area contributed by atoms with Crippen LogP contribution in [-0.2, 0) is 0 Å². The topological polar surface area (TPSA) is 0 Å². The minimum atomic E-state index is -0.607. The van der Waals surface area contributed by atoms with Crippen molar-refractivity contribution in [3.63, 3.8) is 0 Å². The van der Waals surface area contributed by atoms with Crippen molar-refractivity contribution in [2.45, 2.75) is 19.2 Å². The van der Waals surface area contributed by atoms with Gasteiger partial charge in [-0.3, -0.25) is 0 Å². The molecule has 1 unspecified atom stereocenters. The summed E-state index contributed by atoms with van der Waals surface area (Å²) in [5.41, 5.74) is 3.32. The van der Waals surface area contributed by atoms with Crippen LogP contribution in [0.25, 0.3) is 0 Å². The van der Waals surface area contributed by atoms with Gasteiger partial charge in [0.1, 0.15) is 5.82 Å². The number of benzene rings is 2. The highest BCUT2D eigenvalue weighted by Crippen LogP contribution is 2.37. The van der Waals surface area contributed by atoms with Gasteiger partial charge in [0.15, 0.2) is 0 Å². The highest BCUT2D eigenvalue weighted by atomic mass is 79.9. The summed E-state index contributed by atoms with van der Waals surface area (Å²) in [5, 5.41) is -0.0493. The van der Waals surface area contributed by atoms with Gasteiger partial charge in [0.05, 0.1) is 9.85 Å². The summed E-state index contributed by atoms with van der Waals surface area (Å²) >= 11 is 15.8. The van der Waals surface area contributed by atoms with Crippen molar-refractivity contribution in [3.05, 3.63) is 67.9 Å². The lowest BCUT2D eigenvalue weighted by atomic mass is 9.99. The molecule has 100 valence electrons. The van der Waals surface area contributed by atoms with Crippen LogP contribution in [0.2, 0.25) is 5.02 Å². The maximum Gasteiger partial charge on any atom is 0.142 e. The van der Waals surface area contributed by atoms with Crippen LogP contribution in [0.4, 0.5) is 4.39 Å². The summed E-state index contributed by atoms with van der Waals surface area (Å²) in [6.07, 6.45) is 0. The third kappa shape index (κ3) is 2.96. The fourth-order valence-corrected chi connectivity index (χ4v) is 3.00. The first-order valence-corrected chi connectivity index (χ1v) is 7.37. The van der Waals surface area contributed by atoms with Gasteiger partial charge < -0.3 is 0 Å². The number of hydrogen-bond acceptors (Lipinski definition) is 0. The van der Waals surface area contributed by atoms with E-state index in [4.69, 9.17) is 23.2 Å². The molecule has 0 amide bonds. The van der Waals surface area contributed by atoms with Gasteiger partial charge in [-0.1, -0.05) is 29.8 Å². The van der Waals surface area contributed by atoms with E-state index >= 15 is 0 Å². The highest BCUT2D eigenvalue weighted by Gasteiger charge is 2.19. The van der Waals surface area contributed by atoms with E-state index in [2.05, 4.69) is 15.9 Å². The molecule has 0 aliphatic rings. The molecule has 0 radical (unpaired) electrons. The Hall–Kier alpha value is -0.570. The average molecular weight is 362 g/mol. The Labute approximate surface area is 130 Å². The first kappa shape index (κ1) is 14.8. The smallest absolute Gasteiger partial charge is 0.142 e. The van der Waals surface area contributed by atoms with E-state index in [9.17, 15) is 4.39 Å². The summed E-state index contributed by atoms with van der Waals surface area (Å²) in [5.74, 6) is -0.350. The second-order valence-electron chi connectivity index (χ2n) is 4.46. The SMILES string of the molecule is Cc1cc(Cl)c(C(Cl)c2cccc(Br)c2F)cc1C. The molecule has 0 aromatic heterocycles. The molecule has 0 N–H and O–H groups in total. The van der Waals surface area contributed by atoms with E-state index < -0.39 is 5.38 Å². The maximum absolute atomic E-state index is 14.1. The molecular formula is C15H12BrCl2F. The maximum atomic E-state index is 14.1. The fourth-order valence-electron chi connectivity index (χ4n) is 1.88. The zero-order valence-corrected chi connectivity index (χ0v) is 13.6. The minimum Gasteiger partial charge on any atom is -0.205 e. The van der Waals surface area contributed by atoms with Crippen molar-refractivity contribution in [2.75, 3.05) is 0 Å². The molecular weight excluding hydrogens is 350 g/mol. The Morgan fingerprint density at radius 1 is 1.11 bits per heavy atom. The molecule has 0 aliphatic heterocycles. The largest absolute Gasteiger partial charge is 0.205 e. The lowest BCUT2D eigenvalue weighted by Gasteiger charge is -2.15. The quantitative estimate of drug-likeness (QED) is 0.559. The molecule has 0 fully saturated rings. The summed E-state index contributed by atoms with van der Waals surface area (Å²) in [6, 6.07) is 8.84. The van der Waals surface area contributed by atoms with Gasteiger partial charge in [0, 0.05) is 10.6 Å². The Balaban J connectivity index is 2.53. The lowest BCUT2D eigenvalue weighted by molar-refractivity contribution is 0.605. The monoisotopic (exact) mass is 360 g/mol. The van der Waals surface area contributed by atoms with Crippen molar-refractivity contribution < 1.29 is 4.39 Å². The van der Waals surface area contributed by atoms with Crippen LogP contribution >= 0.6 is 39.1 Å². The molecule has 4 heteroatoms. The molecule has 2 aromatic rings. The average Bonchev–Trinajstić information content (AvgIpc) is 2.36. The van der Waals surface area contributed by atoms with Crippen molar-refractivity contribution >= 4 is 39.1 Å². The minimum absolute atomic E-state index is 0.350. The molecule has 2 rings (SSSR count). The predicted molar refractivity (Wildman–Crippen MR) is 82.7 cm³/mol. The van der Waals surface area contributed by atoms with Crippen molar-refractivity contribution in [1.82, 2.24) is 0 Å². The van der Waals surface area contributed by atoms with Crippen LogP contribution in [-0.4, -0.2) is 0 Å². The van der Waals surface area contributed by atoms with Gasteiger partial charge in [-0.25, -0.2) is 4.39 Å². The summed E-state index contributed by atoms with van der Waals surface area (Å²) in [4.78, 5) is 0. The molecule has 0 bridgehead atoms. The van der Waals surface area contributed by atoms with Crippen molar-refractivity contribution in [1.29, 1.82) is 0 Å². The lowest BCUT2D eigenvalue weighted by Crippen LogP contribution is -2.00. The molecule has 0 spiro atoms. The number of rotatable bonds is 2. The van der Waals surface area contributed by atoms with E-state index in [0.717, 1.165) is 16.7 Å². The Morgan fingerprint density at radius 3 is 2.42 bits per heavy atom. The highest BCUT2D eigenvalue weighted by molar-refractivity contribution is 9.10. The van der Waals surface area contributed by atoms with Crippen LogP contribution in [0, 0.1) is 19.7 Å². The van der Waals surface area contributed by atoms with Gasteiger partial charge >= 0.3 is 0 Å². The molecule has 2 aromatic carbocycles. The van der Waals surface area contributed by atoms with Crippen molar-refractivity contribution in [3.8, 4) is 0 Å². The van der Waals surface area contributed by atoms with E-state index in [0.29, 0.717) is 15.1 Å². The fraction of sp³-hybridized carbons (Fsp3) is 0.200. The van der Waals surface area contributed by atoms with Crippen LogP contribution in [0.5, 0.6) is 0 Å². The van der Waals surface area contributed by atoms with Gasteiger partial charge in [-0.15, -0.1) is 11.6 Å². The predicted octanol–water partition coefficient (Wildman–Crippen LogP) is 6.19. The standard InChI is InChI=1S/C15H12BrCl2F/c1-8-6-11(13(17)7-9(8)2)14(18)10-4-3-5-12(16)15(10)19/h3-7,14H,1-2H3. The van der Waals surface area contributed by atoms with Gasteiger partial charge in [-0.05, 0) is 58.6 Å². The second-order valence-corrected chi connectivity index (χ2v) is 6.16. The molecule has 0 saturated heterocycles. The summed E-state index contributed by atoms with van der Waals surface area (Å²) < 4.78 is 14.5. The second kappa shape index (κ2) is 5.82. The van der Waals surface area contributed by atoms with Crippen LogP contribution in [0.3, 0.4) is 0 Å². The van der Waals surface area contributed by atoms with Crippen LogP contribution in [0.1, 0.15) is 27.6 Å².